The molecule has 1 aromatic heterocycles. The maximum atomic E-state index is 11.6. The zero-order chi connectivity index (χ0) is 11.5. The fourth-order valence-electron chi connectivity index (χ4n) is 1.64. The number of likely N-dealkylation sites (N-methyl/N-ethyl adjacent to an activating group) is 1. The van der Waals surface area contributed by atoms with E-state index in [9.17, 15) is 4.79 Å². The summed E-state index contributed by atoms with van der Waals surface area (Å²) in [5.41, 5.74) is 0. The van der Waals surface area contributed by atoms with E-state index in [1.807, 2.05) is 0 Å². The van der Waals surface area contributed by atoms with Gasteiger partial charge in [0.1, 0.15) is 6.04 Å². The third-order valence-electron chi connectivity index (χ3n) is 2.52. The van der Waals surface area contributed by atoms with E-state index in [4.69, 9.17) is 4.42 Å². The lowest BCUT2D eigenvalue weighted by Gasteiger charge is -2.09. The molecule has 16 heavy (non-hydrogen) atoms. The highest BCUT2D eigenvalue weighted by Gasteiger charge is 2.30. The van der Waals surface area contributed by atoms with Crippen molar-refractivity contribution >= 4 is 11.9 Å². The van der Waals surface area contributed by atoms with E-state index < -0.39 is 0 Å². The molecule has 7 heteroatoms. The van der Waals surface area contributed by atoms with Crippen molar-refractivity contribution in [2.45, 2.75) is 19.0 Å². The van der Waals surface area contributed by atoms with Gasteiger partial charge in [-0.1, -0.05) is 5.10 Å². The van der Waals surface area contributed by atoms with Crippen molar-refractivity contribution in [1.29, 1.82) is 0 Å². The van der Waals surface area contributed by atoms with Crippen molar-refractivity contribution in [2.24, 2.45) is 0 Å². The molecule has 1 unspecified atom stereocenters. The van der Waals surface area contributed by atoms with Crippen LogP contribution in [0.15, 0.2) is 4.42 Å². The average Bonchev–Trinajstić information content (AvgIpc) is 2.82. The SMILES string of the molecule is CNCc1nnc(NC2CCN(C)C2=O)o1. The summed E-state index contributed by atoms with van der Waals surface area (Å²) in [6.07, 6.45) is 0.763. The number of hydrogen-bond acceptors (Lipinski definition) is 6. The third kappa shape index (κ3) is 2.13. The highest BCUT2D eigenvalue weighted by Crippen LogP contribution is 2.14. The van der Waals surface area contributed by atoms with Gasteiger partial charge in [-0.25, -0.2) is 0 Å². The van der Waals surface area contributed by atoms with Crippen LogP contribution in [0.1, 0.15) is 12.3 Å². The van der Waals surface area contributed by atoms with Crippen LogP contribution in [0.4, 0.5) is 6.01 Å². The zero-order valence-corrected chi connectivity index (χ0v) is 9.36. The molecular weight excluding hydrogens is 210 g/mol. The Kier molecular flexibility index (Phi) is 3.04. The molecule has 0 spiro atoms. The number of anilines is 1. The van der Waals surface area contributed by atoms with Crippen LogP contribution in [0.3, 0.4) is 0 Å². The monoisotopic (exact) mass is 225 g/mol. The summed E-state index contributed by atoms with van der Waals surface area (Å²) < 4.78 is 5.30. The molecule has 0 saturated carbocycles. The lowest BCUT2D eigenvalue weighted by atomic mass is 10.2. The minimum atomic E-state index is -0.243. The predicted octanol–water partition coefficient (Wildman–Crippen LogP) is -0.568. The lowest BCUT2D eigenvalue weighted by molar-refractivity contribution is -0.127. The van der Waals surface area contributed by atoms with Crippen molar-refractivity contribution < 1.29 is 9.21 Å². The number of aromatic nitrogens is 2. The number of carbonyl (C=O) groups excluding carboxylic acids is 1. The van der Waals surface area contributed by atoms with Crippen LogP contribution in [0.25, 0.3) is 0 Å². The maximum Gasteiger partial charge on any atom is 0.316 e. The Morgan fingerprint density at radius 1 is 1.56 bits per heavy atom. The molecule has 2 rings (SSSR count). The number of nitrogens with one attached hydrogen (secondary N) is 2. The van der Waals surface area contributed by atoms with Crippen LogP contribution in [0.2, 0.25) is 0 Å². The van der Waals surface area contributed by atoms with E-state index in [0.717, 1.165) is 13.0 Å². The first-order valence-corrected chi connectivity index (χ1v) is 5.19. The number of nitrogens with zero attached hydrogens (tertiary/aromatic N) is 3. The van der Waals surface area contributed by atoms with E-state index >= 15 is 0 Å². The Bertz CT molecular complexity index is 378. The average molecular weight is 225 g/mol. The molecule has 1 aromatic rings. The summed E-state index contributed by atoms with van der Waals surface area (Å²) >= 11 is 0. The van der Waals surface area contributed by atoms with Gasteiger partial charge in [-0.3, -0.25) is 4.79 Å². The van der Waals surface area contributed by atoms with Gasteiger partial charge in [0.05, 0.1) is 6.54 Å². The molecule has 0 bridgehead atoms. The topological polar surface area (TPSA) is 83.3 Å². The number of amides is 1. The Hall–Kier alpha value is -1.63. The Labute approximate surface area is 93.2 Å². The van der Waals surface area contributed by atoms with Gasteiger partial charge >= 0.3 is 6.01 Å². The highest BCUT2D eigenvalue weighted by atomic mass is 16.4. The summed E-state index contributed by atoms with van der Waals surface area (Å²) in [7, 11) is 3.58. The summed E-state index contributed by atoms with van der Waals surface area (Å²) in [5, 5.41) is 13.5. The van der Waals surface area contributed by atoms with E-state index in [-0.39, 0.29) is 11.9 Å². The van der Waals surface area contributed by atoms with Gasteiger partial charge in [0.25, 0.3) is 0 Å². The van der Waals surface area contributed by atoms with E-state index in [1.165, 1.54) is 0 Å². The van der Waals surface area contributed by atoms with Crippen LogP contribution in [0, 0.1) is 0 Å². The van der Waals surface area contributed by atoms with Crippen LogP contribution in [-0.4, -0.2) is 47.7 Å². The van der Waals surface area contributed by atoms with Gasteiger partial charge in [0, 0.05) is 13.6 Å². The van der Waals surface area contributed by atoms with Gasteiger partial charge in [-0.2, -0.15) is 0 Å². The first kappa shape index (κ1) is 10.9. The predicted molar refractivity (Wildman–Crippen MR) is 56.7 cm³/mol. The molecular formula is C9H15N5O2. The minimum absolute atomic E-state index is 0.0633. The van der Waals surface area contributed by atoms with Crippen LogP contribution < -0.4 is 10.6 Å². The number of likely N-dealkylation sites (tertiary alicyclic amines) is 1. The maximum absolute atomic E-state index is 11.6. The Morgan fingerprint density at radius 2 is 2.38 bits per heavy atom. The van der Waals surface area contributed by atoms with E-state index in [0.29, 0.717) is 18.5 Å². The number of rotatable bonds is 4. The van der Waals surface area contributed by atoms with Gasteiger partial charge in [0.2, 0.25) is 11.8 Å². The Morgan fingerprint density at radius 3 is 3.00 bits per heavy atom. The van der Waals surface area contributed by atoms with Crippen LogP contribution in [0.5, 0.6) is 0 Å². The molecule has 0 radical (unpaired) electrons. The fraction of sp³-hybridized carbons (Fsp3) is 0.667. The molecule has 1 aliphatic heterocycles. The molecule has 0 aliphatic carbocycles. The summed E-state index contributed by atoms with van der Waals surface area (Å²) in [6.45, 7) is 1.28. The normalized spacial score (nSPS) is 20.5. The largest absolute Gasteiger partial charge is 0.407 e. The van der Waals surface area contributed by atoms with Crippen molar-refractivity contribution in [2.75, 3.05) is 26.0 Å². The summed E-state index contributed by atoms with van der Waals surface area (Å²) in [4.78, 5) is 13.3. The van der Waals surface area contributed by atoms with Gasteiger partial charge in [-0.05, 0) is 13.5 Å². The van der Waals surface area contributed by atoms with Crippen molar-refractivity contribution in [3.05, 3.63) is 5.89 Å². The van der Waals surface area contributed by atoms with Crippen molar-refractivity contribution in [3.63, 3.8) is 0 Å². The zero-order valence-electron chi connectivity index (χ0n) is 9.36. The molecule has 1 fully saturated rings. The molecule has 2 N–H and O–H groups in total. The van der Waals surface area contributed by atoms with Crippen molar-refractivity contribution in [3.8, 4) is 0 Å². The fourth-order valence-corrected chi connectivity index (χ4v) is 1.64. The summed E-state index contributed by atoms with van der Waals surface area (Å²) in [5.74, 6) is 0.567. The smallest absolute Gasteiger partial charge is 0.316 e. The second-order valence-electron chi connectivity index (χ2n) is 3.78. The standard InChI is InChI=1S/C9H15N5O2/c1-10-5-7-12-13-9(16-7)11-6-3-4-14(2)8(6)15/h6,10H,3-5H2,1-2H3,(H,11,13). The second kappa shape index (κ2) is 4.48. The quantitative estimate of drug-likeness (QED) is 0.714. The first-order chi connectivity index (χ1) is 7.70. The number of carbonyl (C=O) groups is 1. The highest BCUT2D eigenvalue weighted by molar-refractivity contribution is 5.85. The molecule has 1 amide bonds. The first-order valence-electron chi connectivity index (χ1n) is 5.19. The molecule has 1 saturated heterocycles. The molecule has 1 atom stereocenters. The number of hydrogen-bond donors (Lipinski definition) is 2. The molecule has 88 valence electrons. The van der Waals surface area contributed by atoms with E-state index in [2.05, 4.69) is 20.8 Å². The van der Waals surface area contributed by atoms with Gasteiger partial charge < -0.3 is 20.0 Å². The second-order valence-corrected chi connectivity index (χ2v) is 3.78. The molecule has 1 aliphatic rings. The molecule has 2 heterocycles. The summed E-state index contributed by atoms with van der Waals surface area (Å²) in [6, 6.07) is 0.0618. The minimum Gasteiger partial charge on any atom is -0.407 e. The van der Waals surface area contributed by atoms with E-state index in [1.54, 1.807) is 19.0 Å². The molecule has 7 nitrogen and oxygen atoms in total. The van der Waals surface area contributed by atoms with Gasteiger partial charge in [0.15, 0.2) is 0 Å². The Balaban J connectivity index is 1.96. The van der Waals surface area contributed by atoms with Crippen LogP contribution >= 0.6 is 0 Å². The third-order valence-corrected chi connectivity index (χ3v) is 2.52. The lowest BCUT2D eigenvalue weighted by Crippen LogP contribution is -2.31. The van der Waals surface area contributed by atoms with Crippen LogP contribution in [-0.2, 0) is 11.3 Å². The van der Waals surface area contributed by atoms with Gasteiger partial charge in [-0.15, -0.1) is 5.10 Å². The molecule has 0 aromatic carbocycles. The van der Waals surface area contributed by atoms with Crippen molar-refractivity contribution in [1.82, 2.24) is 20.4 Å².